The normalized spacial score (nSPS) is 16.5. The first-order valence-corrected chi connectivity index (χ1v) is 11.9. The fourth-order valence-corrected chi connectivity index (χ4v) is 5.03. The second-order valence-corrected chi connectivity index (χ2v) is 9.12. The molecule has 2 fully saturated rings. The molecule has 0 unspecified atom stereocenters. The monoisotopic (exact) mass is 542 g/mol. The summed E-state index contributed by atoms with van der Waals surface area (Å²) in [5.74, 6) is -1.23. The topological polar surface area (TPSA) is 95.2 Å². The van der Waals surface area contributed by atoms with Gasteiger partial charge in [0, 0.05) is 36.8 Å². The van der Waals surface area contributed by atoms with Crippen LogP contribution in [-0.4, -0.2) is 38.1 Å². The first kappa shape index (κ1) is 25.5. The fourth-order valence-electron chi connectivity index (χ4n) is 4.56. The second-order valence-electron chi connectivity index (χ2n) is 8.75. The number of benzene rings is 1. The van der Waals surface area contributed by atoms with Gasteiger partial charge in [-0.1, -0.05) is 0 Å². The lowest BCUT2D eigenvalue weighted by Gasteiger charge is -2.43. The van der Waals surface area contributed by atoms with E-state index in [0.717, 1.165) is 11.1 Å². The van der Waals surface area contributed by atoms with Gasteiger partial charge in [-0.2, -0.15) is 18.4 Å². The van der Waals surface area contributed by atoms with E-state index in [9.17, 15) is 18.0 Å². The van der Waals surface area contributed by atoms with Gasteiger partial charge in [-0.05, 0) is 49.7 Å². The highest BCUT2D eigenvalue weighted by Crippen LogP contribution is 2.48. The number of alkyl halides is 3. The molecule has 0 atom stereocenters. The number of aromatic nitrogens is 3. The molecule has 3 heterocycles. The average Bonchev–Trinajstić information content (AvgIpc) is 3.11. The highest BCUT2D eigenvalue weighted by atomic mass is 32.1. The Hall–Kier alpha value is -4.18. The van der Waals surface area contributed by atoms with Crippen LogP contribution in [0.1, 0.15) is 36.2 Å². The van der Waals surface area contributed by atoms with E-state index in [1.807, 2.05) is 0 Å². The second kappa shape index (κ2) is 9.60. The summed E-state index contributed by atoms with van der Waals surface area (Å²) in [6.45, 7) is 0.153. The Morgan fingerprint density at radius 2 is 1.92 bits per heavy atom. The molecule has 1 amide bonds. The van der Waals surface area contributed by atoms with Crippen molar-refractivity contribution in [2.45, 2.75) is 37.4 Å². The Morgan fingerprint density at radius 1 is 1.13 bits per heavy atom. The van der Waals surface area contributed by atoms with Crippen LogP contribution in [0.3, 0.4) is 0 Å². The van der Waals surface area contributed by atoms with E-state index in [1.165, 1.54) is 23.1 Å². The standard InChI is InChI=1S/C25H18F4N6O2S/c26-19-11-16(2-3-21(19)37-9-4-15-13-31-7-8-32-15)35-23(38)34(22(36)24(35)5-1-6-24)17-10-18(25(27,28)29)20(12-30)33-14-17/h2-3,7-8,10-11,13-14H,1,4-6,9H2. The Morgan fingerprint density at radius 3 is 2.53 bits per heavy atom. The van der Waals surface area contributed by atoms with Crippen LogP contribution in [0.25, 0.3) is 0 Å². The number of carbonyl (C=O) groups excluding carboxylic acids is 1. The Balaban J connectivity index is 1.43. The zero-order valence-corrected chi connectivity index (χ0v) is 20.4. The van der Waals surface area contributed by atoms with Crippen molar-refractivity contribution in [3.05, 3.63) is 71.8 Å². The SMILES string of the molecule is N#Cc1ncc(N2C(=O)C3(CCC3)N(c3ccc(OCCc4cnccn4)c(F)c3)C2=S)cc1C(F)(F)F. The van der Waals surface area contributed by atoms with Crippen molar-refractivity contribution in [1.82, 2.24) is 15.0 Å². The van der Waals surface area contributed by atoms with Gasteiger partial charge in [0.1, 0.15) is 11.6 Å². The number of halogens is 4. The zero-order chi connectivity index (χ0) is 27.1. The zero-order valence-electron chi connectivity index (χ0n) is 19.6. The fraction of sp³-hybridized carbons (Fsp3) is 0.280. The number of amides is 1. The van der Waals surface area contributed by atoms with E-state index in [4.69, 9.17) is 22.2 Å². The van der Waals surface area contributed by atoms with Gasteiger partial charge in [-0.3, -0.25) is 19.7 Å². The summed E-state index contributed by atoms with van der Waals surface area (Å²) < 4.78 is 61.2. The molecule has 0 radical (unpaired) electrons. The number of thiocarbonyl (C=S) groups is 1. The van der Waals surface area contributed by atoms with Crippen molar-refractivity contribution in [2.75, 3.05) is 16.4 Å². The van der Waals surface area contributed by atoms with E-state index < -0.39 is 34.7 Å². The minimum atomic E-state index is -4.86. The van der Waals surface area contributed by atoms with Crippen LogP contribution in [-0.2, 0) is 17.4 Å². The molecule has 3 aromatic rings. The molecule has 2 aliphatic rings. The van der Waals surface area contributed by atoms with Crippen molar-refractivity contribution in [1.29, 1.82) is 5.26 Å². The summed E-state index contributed by atoms with van der Waals surface area (Å²) in [4.78, 5) is 27.7. The number of anilines is 2. The highest BCUT2D eigenvalue weighted by molar-refractivity contribution is 7.81. The molecule has 1 saturated heterocycles. The Labute approximate surface area is 219 Å². The number of nitrogens with zero attached hydrogens (tertiary/aromatic N) is 6. The van der Waals surface area contributed by atoms with Gasteiger partial charge in [0.25, 0.3) is 5.91 Å². The number of ether oxygens (including phenoxy) is 1. The maximum atomic E-state index is 15.0. The van der Waals surface area contributed by atoms with Crippen molar-refractivity contribution < 1.29 is 27.1 Å². The number of hydrogen-bond donors (Lipinski definition) is 0. The minimum absolute atomic E-state index is 0.0142. The van der Waals surface area contributed by atoms with Crippen LogP contribution in [0.2, 0.25) is 0 Å². The van der Waals surface area contributed by atoms with Gasteiger partial charge in [0.2, 0.25) is 0 Å². The van der Waals surface area contributed by atoms with Crippen LogP contribution in [0.15, 0.2) is 49.1 Å². The van der Waals surface area contributed by atoms with E-state index in [2.05, 4.69) is 15.0 Å². The highest BCUT2D eigenvalue weighted by Gasteiger charge is 2.59. The third kappa shape index (κ3) is 4.30. The number of pyridine rings is 1. The number of carbonyl (C=O) groups is 1. The predicted octanol–water partition coefficient (Wildman–Crippen LogP) is 4.58. The third-order valence-corrected chi connectivity index (χ3v) is 6.91. The van der Waals surface area contributed by atoms with Crippen LogP contribution < -0.4 is 14.5 Å². The van der Waals surface area contributed by atoms with Crippen molar-refractivity contribution in [3.8, 4) is 11.8 Å². The van der Waals surface area contributed by atoms with Gasteiger partial charge in [-0.15, -0.1) is 0 Å². The first-order chi connectivity index (χ1) is 18.2. The number of nitriles is 1. The van der Waals surface area contributed by atoms with Crippen LogP contribution >= 0.6 is 12.2 Å². The van der Waals surface area contributed by atoms with Gasteiger partial charge in [0.05, 0.1) is 29.7 Å². The van der Waals surface area contributed by atoms with Gasteiger partial charge >= 0.3 is 6.18 Å². The van der Waals surface area contributed by atoms with E-state index in [1.54, 1.807) is 24.7 Å². The third-order valence-electron chi connectivity index (χ3n) is 6.54. The molecule has 1 saturated carbocycles. The smallest absolute Gasteiger partial charge is 0.419 e. The number of rotatable bonds is 6. The molecule has 38 heavy (non-hydrogen) atoms. The van der Waals surface area contributed by atoms with Gasteiger partial charge < -0.3 is 9.64 Å². The van der Waals surface area contributed by atoms with Gasteiger partial charge in [0.15, 0.2) is 22.4 Å². The average molecular weight is 543 g/mol. The summed E-state index contributed by atoms with van der Waals surface area (Å²) in [5, 5.41) is 8.94. The van der Waals surface area contributed by atoms with E-state index >= 15 is 4.39 Å². The van der Waals surface area contributed by atoms with Crippen LogP contribution in [0.4, 0.5) is 28.9 Å². The van der Waals surface area contributed by atoms with Crippen LogP contribution in [0, 0.1) is 17.1 Å². The lowest BCUT2D eigenvalue weighted by molar-refractivity contribution is -0.138. The molecule has 8 nitrogen and oxygen atoms in total. The van der Waals surface area contributed by atoms with E-state index in [0.29, 0.717) is 37.4 Å². The lowest BCUT2D eigenvalue weighted by Crippen LogP contribution is -2.55. The quantitative estimate of drug-likeness (QED) is 0.330. The van der Waals surface area contributed by atoms with Crippen molar-refractivity contribution >= 4 is 34.6 Å². The molecule has 0 bridgehead atoms. The molecule has 194 valence electrons. The molecule has 1 spiro atoms. The van der Waals surface area contributed by atoms with Gasteiger partial charge in [-0.25, -0.2) is 9.37 Å². The summed E-state index contributed by atoms with van der Waals surface area (Å²) in [7, 11) is 0. The molecule has 5 rings (SSSR count). The van der Waals surface area contributed by atoms with E-state index in [-0.39, 0.29) is 28.8 Å². The molecule has 1 aliphatic heterocycles. The molecule has 2 aromatic heterocycles. The maximum Gasteiger partial charge on any atom is 0.419 e. The molecule has 0 N–H and O–H groups in total. The molecule has 13 heteroatoms. The number of hydrogen-bond acceptors (Lipinski definition) is 7. The predicted molar refractivity (Wildman–Crippen MR) is 131 cm³/mol. The Kier molecular flexibility index (Phi) is 6.44. The summed E-state index contributed by atoms with van der Waals surface area (Å²) in [5.41, 5.74) is -2.51. The lowest BCUT2D eigenvalue weighted by atomic mass is 9.75. The molecular weight excluding hydrogens is 524 g/mol. The summed E-state index contributed by atoms with van der Waals surface area (Å²) in [6.07, 6.45) is 2.68. The summed E-state index contributed by atoms with van der Waals surface area (Å²) >= 11 is 5.54. The minimum Gasteiger partial charge on any atom is -0.490 e. The molecule has 1 aromatic carbocycles. The largest absolute Gasteiger partial charge is 0.490 e. The Bertz CT molecular complexity index is 1460. The first-order valence-electron chi connectivity index (χ1n) is 11.5. The molecule has 1 aliphatic carbocycles. The summed E-state index contributed by atoms with van der Waals surface area (Å²) in [6, 6.07) is 6.23. The maximum absolute atomic E-state index is 15.0. The molecular formula is C25H18F4N6O2S. The van der Waals surface area contributed by atoms with Crippen molar-refractivity contribution in [2.24, 2.45) is 0 Å². The van der Waals surface area contributed by atoms with Crippen LogP contribution in [0.5, 0.6) is 5.75 Å². The van der Waals surface area contributed by atoms with Crippen molar-refractivity contribution in [3.63, 3.8) is 0 Å².